The maximum Gasteiger partial charge on any atom is 0.287 e. The molecule has 0 bridgehead atoms. The molecule has 1 aliphatic heterocycles. The zero-order valence-corrected chi connectivity index (χ0v) is 13.8. The lowest BCUT2D eigenvalue weighted by Crippen LogP contribution is -2.52. The van der Waals surface area contributed by atoms with Gasteiger partial charge in [-0.05, 0) is 23.6 Å². The van der Waals surface area contributed by atoms with Crippen molar-refractivity contribution < 1.29 is 18.8 Å². The quantitative estimate of drug-likeness (QED) is 0.896. The first-order chi connectivity index (χ1) is 11.6. The maximum atomic E-state index is 12.2. The Hall–Kier alpha value is -2.61. The third kappa shape index (κ3) is 3.65. The molecular formula is C16H17N3O4S. The van der Waals surface area contributed by atoms with Crippen molar-refractivity contribution in [3.05, 3.63) is 46.5 Å². The van der Waals surface area contributed by atoms with Gasteiger partial charge in [-0.15, -0.1) is 11.3 Å². The van der Waals surface area contributed by atoms with Gasteiger partial charge in [0.05, 0.1) is 17.7 Å². The molecule has 0 spiro atoms. The van der Waals surface area contributed by atoms with E-state index in [0.29, 0.717) is 31.1 Å². The molecule has 2 aromatic rings. The van der Waals surface area contributed by atoms with Crippen LogP contribution in [0.25, 0.3) is 0 Å². The van der Waals surface area contributed by atoms with Gasteiger partial charge in [-0.2, -0.15) is 0 Å². The van der Waals surface area contributed by atoms with Gasteiger partial charge in [0.2, 0.25) is 5.91 Å². The average Bonchev–Trinajstić information content (AvgIpc) is 3.32. The van der Waals surface area contributed by atoms with Gasteiger partial charge in [-0.25, -0.2) is 0 Å². The molecular weight excluding hydrogens is 330 g/mol. The normalized spacial score (nSPS) is 14.5. The van der Waals surface area contributed by atoms with E-state index in [1.807, 2.05) is 11.4 Å². The lowest BCUT2D eigenvalue weighted by molar-refractivity contribution is -0.131. The summed E-state index contributed by atoms with van der Waals surface area (Å²) in [5.74, 6) is -0.407. The van der Waals surface area contributed by atoms with Crippen molar-refractivity contribution in [2.45, 2.75) is 0 Å². The van der Waals surface area contributed by atoms with Gasteiger partial charge in [-0.1, -0.05) is 6.07 Å². The molecule has 0 unspecified atom stereocenters. The fraction of sp³-hybridized carbons (Fsp3) is 0.312. The third-order valence-corrected chi connectivity index (χ3v) is 4.65. The average molecular weight is 347 g/mol. The summed E-state index contributed by atoms with van der Waals surface area (Å²) < 4.78 is 4.97. The number of nitrogens with one attached hydrogen (secondary N) is 1. The molecule has 1 N–H and O–H groups in total. The summed E-state index contributed by atoms with van der Waals surface area (Å²) in [6.45, 7) is 1.83. The number of rotatable bonds is 4. The predicted molar refractivity (Wildman–Crippen MR) is 87.8 cm³/mol. The SMILES string of the molecule is O=C(NCC(=O)N1CCN(C(=O)c2cccs2)CC1)c1ccco1. The molecule has 3 rings (SSSR count). The van der Waals surface area contributed by atoms with Gasteiger partial charge in [0.25, 0.3) is 11.8 Å². The number of hydrogen-bond acceptors (Lipinski definition) is 5. The van der Waals surface area contributed by atoms with Crippen LogP contribution in [-0.2, 0) is 4.79 Å². The Morgan fingerprint density at radius 2 is 1.83 bits per heavy atom. The van der Waals surface area contributed by atoms with Crippen molar-refractivity contribution >= 4 is 29.1 Å². The summed E-state index contributed by atoms with van der Waals surface area (Å²) in [5.41, 5.74) is 0. The number of hydrogen-bond donors (Lipinski definition) is 1. The van der Waals surface area contributed by atoms with E-state index in [1.165, 1.54) is 23.7 Å². The van der Waals surface area contributed by atoms with Crippen molar-refractivity contribution in [3.8, 4) is 0 Å². The largest absolute Gasteiger partial charge is 0.459 e. The zero-order chi connectivity index (χ0) is 16.9. The molecule has 3 heterocycles. The first-order valence-corrected chi connectivity index (χ1v) is 8.45. The first kappa shape index (κ1) is 16.3. The van der Waals surface area contributed by atoms with Crippen molar-refractivity contribution in [2.75, 3.05) is 32.7 Å². The molecule has 2 aromatic heterocycles. The number of piperazine rings is 1. The number of carbonyl (C=O) groups is 3. The highest BCUT2D eigenvalue weighted by Gasteiger charge is 2.25. The van der Waals surface area contributed by atoms with Crippen molar-refractivity contribution in [1.29, 1.82) is 0 Å². The summed E-state index contributed by atoms with van der Waals surface area (Å²) in [5, 5.41) is 4.41. The van der Waals surface area contributed by atoms with E-state index in [0.717, 1.165) is 0 Å². The van der Waals surface area contributed by atoms with E-state index < -0.39 is 5.91 Å². The Labute approximate surface area is 142 Å². The number of carbonyl (C=O) groups excluding carboxylic acids is 3. The first-order valence-electron chi connectivity index (χ1n) is 7.57. The van der Waals surface area contributed by atoms with Gasteiger partial charge >= 0.3 is 0 Å². The molecule has 0 radical (unpaired) electrons. The number of amides is 3. The minimum absolute atomic E-state index is 0.00298. The Bertz CT molecular complexity index is 704. The van der Waals surface area contributed by atoms with Gasteiger partial charge in [0, 0.05) is 26.2 Å². The predicted octanol–water partition coefficient (Wildman–Crippen LogP) is 1.06. The molecule has 8 heteroatoms. The van der Waals surface area contributed by atoms with E-state index in [-0.39, 0.29) is 24.1 Å². The maximum absolute atomic E-state index is 12.2. The van der Waals surface area contributed by atoms with E-state index in [4.69, 9.17) is 4.42 Å². The Balaban J connectivity index is 1.45. The van der Waals surface area contributed by atoms with Crippen molar-refractivity contribution in [1.82, 2.24) is 15.1 Å². The Kier molecular flexibility index (Phi) is 4.95. The van der Waals surface area contributed by atoms with Crippen LogP contribution in [0.5, 0.6) is 0 Å². The molecule has 7 nitrogen and oxygen atoms in total. The van der Waals surface area contributed by atoms with Gasteiger partial charge in [0.15, 0.2) is 5.76 Å². The molecule has 0 aliphatic carbocycles. The highest BCUT2D eigenvalue weighted by atomic mass is 32.1. The summed E-state index contributed by atoms with van der Waals surface area (Å²) in [7, 11) is 0. The van der Waals surface area contributed by atoms with E-state index in [9.17, 15) is 14.4 Å². The summed E-state index contributed by atoms with van der Waals surface area (Å²) >= 11 is 1.41. The second kappa shape index (κ2) is 7.31. The highest BCUT2D eigenvalue weighted by molar-refractivity contribution is 7.12. The second-order valence-electron chi connectivity index (χ2n) is 5.31. The molecule has 126 valence electrons. The molecule has 0 saturated carbocycles. The molecule has 24 heavy (non-hydrogen) atoms. The second-order valence-corrected chi connectivity index (χ2v) is 6.26. The minimum Gasteiger partial charge on any atom is -0.459 e. The zero-order valence-electron chi connectivity index (χ0n) is 12.9. The van der Waals surface area contributed by atoms with Crippen LogP contribution in [0.4, 0.5) is 0 Å². The summed E-state index contributed by atoms with van der Waals surface area (Å²) in [6.07, 6.45) is 1.40. The monoisotopic (exact) mass is 347 g/mol. The van der Waals surface area contributed by atoms with Crippen LogP contribution in [0, 0.1) is 0 Å². The fourth-order valence-corrected chi connectivity index (χ4v) is 3.17. The number of thiophene rings is 1. The van der Waals surface area contributed by atoms with E-state index >= 15 is 0 Å². The van der Waals surface area contributed by atoms with Crippen LogP contribution in [0.2, 0.25) is 0 Å². The van der Waals surface area contributed by atoms with Crippen molar-refractivity contribution in [2.24, 2.45) is 0 Å². The van der Waals surface area contributed by atoms with Gasteiger partial charge < -0.3 is 19.5 Å². The van der Waals surface area contributed by atoms with Crippen LogP contribution in [0.15, 0.2) is 40.3 Å². The molecule has 1 fully saturated rings. The topological polar surface area (TPSA) is 82.9 Å². The summed E-state index contributed by atoms with van der Waals surface area (Å²) in [6, 6.07) is 6.80. The van der Waals surface area contributed by atoms with Crippen LogP contribution in [0.1, 0.15) is 20.2 Å². The molecule has 3 amide bonds. The molecule has 0 atom stereocenters. The standard InChI is InChI=1S/C16H17N3O4S/c20-14(11-17-15(21)12-3-1-9-23-12)18-5-7-19(8-6-18)16(22)13-4-2-10-24-13/h1-4,9-10H,5-8,11H2,(H,17,21). The van der Waals surface area contributed by atoms with E-state index in [2.05, 4.69) is 5.32 Å². The van der Waals surface area contributed by atoms with Crippen LogP contribution >= 0.6 is 11.3 Å². The minimum atomic E-state index is -0.417. The molecule has 1 saturated heterocycles. The fourth-order valence-electron chi connectivity index (χ4n) is 2.48. The highest BCUT2D eigenvalue weighted by Crippen LogP contribution is 2.13. The van der Waals surface area contributed by atoms with Crippen LogP contribution < -0.4 is 5.32 Å². The Morgan fingerprint density at radius 3 is 2.46 bits per heavy atom. The lowest BCUT2D eigenvalue weighted by atomic mass is 10.3. The molecule has 0 aromatic carbocycles. The third-order valence-electron chi connectivity index (χ3n) is 3.80. The smallest absolute Gasteiger partial charge is 0.287 e. The number of furan rings is 1. The number of nitrogens with zero attached hydrogens (tertiary/aromatic N) is 2. The van der Waals surface area contributed by atoms with Crippen LogP contribution in [0.3, 0.4) is 0 Å². The van der Waals surface area contributed by atoms with E-state index in [1.54, 1.807) is 21.9 Å². The van der Waals surface area contributed by atoms with Crippen molar-refractivity contribution in [3.63, 3.8) is 0 Å². The van der Waals surface area contributed by atoms with Gasteiger partial charge in [-0.3, -0.25) is 14.4 Å². The lowest BCUT2D eigenvalue weighted by Gasteiger charge is -2.34. The summed E-state index contributed by atoms with van der Waals surface area (Å²) in [4.78, 5) is 40.3. The van der Waals surface area contributed by atoms with Crippen LogP contribution in [-0.4, -0.2) is 60.2 Å². The molecule has 1 aliphatic rings. The van der Waals surface area contributed by atoms with Gasteiger partial charge in [0.1, 0.15) is 0 Å². The Morgan fingerprint density at radius 1 is 1.08 bits per heavy atom.